The van der Waals surface area contributed by atoms with E-state index < -0.39 is 12.1 Å². The Hall–Kier alpha value is -2.62. The zero-order valence-electron chi connectivity index (χ0n) is 22.3. The van der Waals surface area contributed by atoms with E-state index in [9.17, 15) is 22.8 Å². The molecule has 2 amide bonds. The molecule has 4 fully saturated rings. The lowest BCUT2D eigenvalue weighted by atomic mass is 9.75. The molecule has 7 nitrogen and oxygen atoms in total. The average molecular weight is 538 g/mol. The van der Waals surface area contributed by atoms with Crippen LogP contribution < -0.4 is 5.32 Å². The Balaban J connectivity index is 0.000000426. The highest BCUT2D eigenvalue weighted by atomic mass is 19.4. The maximum absolute atomic E-state index is 13.5. The number of nitrogens with zero attached hydrogens (tertiary/aromatic N) is 2. The second-order valence-corrected chi connectivity index (χ2v) is 11.5. The Labute approximate surface area is 221 Å². The molecule has 1 unspecified atom stereocenters. The summed E-state index contributed by atoms with van der Waals surface area (Å²) in [6, 6.07) is 9.06. The van der Waals surface area contributed by atoms with Crippen LogP contribution >= 0.6 is 0 Å². The van der Waals surface area contributed by atoms with Crippen molar-refractivity contribution in [2.24, 2.45) is 11.8 Å². The molecule has 38 heavy (non-hydrogen) atoms. The van der Waals surface area contributed by atoms with Crippen LogP contribution in [-0.2, 0) is 19.8 Å². The van der Waals surface area contributed by atoms with Crippen LogP contribution in [0.4, 0.5) is 13.2 Å². The number of hydrogen-bond acceptors (Lipinski definition) is 4. The van der Waals surface area contributed by atoms with Gasteiger partial charge in [0.2, 0.25) is 11.8 Å². The van der Waals surface area contributed by atoms with Gasteiger partial charge in [0.25, 0.3) is 0 Å². The number of carboxylic acids is 1. The second-order valence-electron chi connectivity index (χ2n) is 11.5. The van der Waals surface area contributed by atoms with E-state index in [2.05, 4.69) is 60.2 Å². The molecule has 3 heterocycles. The van der Waals surface area contributed by atoms with Gasteiger partial charge < -0.3 is 15.3 Å². The summed E-state index contributed by atoms with van der Waals surface area (Å²) in [4.78, 5) is 39.9. The van der Waals surface area contributed by atoms with Crippen molar-refractivity contribution < 1.29 is 32.7 Å². The second kappa shape index (κ2) is 10.5. The average Bonchev–Trinajstić information content (AvgIpc) is 3.47. The molecule has 1 saturated carbocycles. The fourth-order valence-electron chi connectivity index (χ4n) is 6.58. The Kier molecular flexibility index (Phi) is 7.85. The third-order valence-electron chi connectivity index (χ3n) is 9.05. The lowest BCUT2D eigenvalue weighted by molar-refractivity contribution is -0.192. The van der Waals surface area contributed by atoms with Gasteiger partial charge in [-0.3, -0.25) is 14.5 Å². The minimum atomic E-state index is -5.08. The van der Waals surface area contributed by atoms with E-state index in [1.165, 1.54) is 24.0 Å². The van der Waals surface area contributed by atoms with Crippen LogP contribution in [-0.4, -0.2) is 76.6 Å². The van der Waals surface area contributed by atoms with Crippen molar-refractivity contribution >= 4 is 17.8 Å². The highest BCUT2D eigenvalue weighted by Crippen LogP contribution is 2.51. The van der Waals surface area contributed by atoms with Crippen LogP contribution in [0.2, 0.25) is 0 Å². The van der Waals surface area contributed by atoms with Crippen molar-refractivity contribution in [3.05, 3.63) is 35.4 Å². The summed E-state index contributed by atoms with van der Waals surface area (Å²) in [5.41, 5.74) is 2.01. The van der Waals surface area contributed by atoms with Gasteiger partial charge in [-0.25, -0.2) is 4.79 Å². The molecule has 3 atom stereocenters. The number of hydrogen-bond donors (Lipinski definition) is 2. The molecule has 1 aromatic rings. The summed E-state index contributed by atoms with van der Waals surface area (Å²) in [7, 11) is 0. The Bertz CT molecular complexity index is 1050. The molecule has 0 bridgehead atoms. The van der Waals surface area contributed by atoms with Crippen molar-refractivity contribution in [1.29, 1.82) is 0 Å². The maximum Gasteiger partial charge on any atom is 0.490 e. The molecule has 1 aromatic carbocycles. The van der Waals surface area contributed by atoms with E-state index in [0.29, 0.717) is 17.9 Å². The van der Waals surface area contributed by atoms with Gasteiger partial charge in [0, 0.05) is 43.7 Å². The Morgan fingerprint density at radius 2 is 1.68 bits per heavy atom. The predicted octanol–water partition coefficient (Wildman–Crippen LogP) is 3.89. The first-order valence-electron chi connectivity index (χ1n) is 13.6. The molecular weight excluding hydrogens is 499 g/mol. The summed E-state index contributed by atoms with van der Waals surface area (Å²) < 4.78 is 31.7. The summed E-state index contributed by atoms with van der Waals surface area (Å²) in [6.07, 6.45) is 1.00. The fraction of sp³-hybridized carbons (Fsp3) is 0.679. The van der Waals surface area contributed by atoms with E-state index >= 15 is 0 Å². The summed E-state index contributed by atoms with van der Waals surface area (Å²) >= 11 is 0. The van der Waals surface area contributed by atoms with Gasteiger partial charge in [-0.1, -0.05) is 43.2 Å². The molecule has 3 aliphatic heterocycles. The number of likely N-dealkylation sites (tertiary alicyclic amines) is 2. The van der Waals surface area contributed by atoms with Crippen LogP contribution in [0.15, 0.2) is 24.3 Å². The fourth-order valence-corrected chi connectivity index (χ4v) is 6.58. The van der Waals surface area contributed by atoms with Gasteiger partial charge in [-0.2, -0.15) is 13.2 Å². The quantitative estimate of drug-likeness (QED) is 0.595. The van der Waals surface area contributed by atoms with Crippen molar-refractivity contribution in [2.45, 2.75) is 82.5 Å². The van der Waals surface area contributed by atoms with Crippen LogP contribution in [0.1, 0.15) is 63.5 Å². The van der Waals surface area contributed by atoms with Crippen molar-refractivity contribution in [3.63, 3.8) is 0 Å². The largest absolute Gasteiger partial charge is 0.490 e. The number of benzene rings is 1. The van der Waals surface area contributed by atoms with Crippen molar-refractivity contribution in [3.8, 4) is 0 Å². The maximum atomic E-state index is 13.5. The summed E-state index contributed by atoms with van der Waals surface area (Å²) in [5.74, 6) is -1.69. The number of fused-ring (bicyclic) bond motifs is 2. The first kappa shape index (κ1) is 28.4. The standard InChI is InChI=1S/C26H37N3O2.C2HF3O2/c1-4-5-19(3)29-16-21-22(17-29)26(27-23(21)30)12-14-28(15-13-26)24(31)25(10-11-25)20-8-6-18(2)7-9-20;3-2(4,5)1(6)7/h6-9,19,21-22H,4-5,10-17H2,1-3H3,(H,27,30);(H,6,7)/t19?,21-,22+;/m1./s1. The topological polar surface area (TPSA) is 90.0 Å². The van der Waals surface area contributed by atoms with Crippen molar-refractivity contribution in [1.82, 2.24) is 15.1 Å². The minimum Gasteiger partial charge on any atom is -0.475 e. The van der Waals surface area contributed by atoms with Crippen LogP contribution in [0, 0.1) is 18.8 Å². The van der Waals surface area contributed by atoms with Gasteiger partial charge >= 0.3 is 12.1 Å². The van der Waals surface area contributed by atoms with E-state index in [-0.39, 0.29) is 22.8 Å². The van der Waals surface area contributed by atoms with Crippen molar-refractivity contribution in [2.75, 3.05) is 26.2 Å². The lowest BCUT2D eigenvalue weighted by Crippen LogP contribution is -2.57. The first-order chi connectivity index (χ1) is 17.8. The normalized spacial score (nSPS) is 26.3. The van der Waals surface area contributed by atoms with Gasteiger partial charge in [-0.15, -0.1) is 0 Å². The molecule has 210 valence electrons. The summed E-state index contributed by atoms with van der Waals surface area (Å²) in [5, 5.41) is 10.5. The number of nitrogens with one attached hydrogen (secondary N) is 1. The van der Waals surface area contributed by atoms with E-state index in [1.807, 2.05) is 0 Å². The number of carboxylic acid groups (broad SMARTS) is 1. The van der Waals surface area contributed by atoms with Crippen LogP contribution in [0.5, 0.6) is 0 Å². The highest BCUT2D eigenvalue weighted by molar-refractivity contribution is 5.91. The smallest absolute Gasteiger partial charge is 0.475 e. The SMILES string of the molecule is CCCC(C)N1C[C@H]2C(=O)NC3(CCN(C(=O)C4(c5ccc(C)cc5)CC4)CC3)[C@H]2C1.O=C(O)C(F)(F)F. The van der Waals surface area contributed by atoms with Crippen LogP contribution in [0.25, 0.3) is 0 Å². The molecule has 2 N–H and O–H groups in total. The summed E-state index contributed by atoms with van der Waals surface area (Å²) in [6.45, 7) is 10.1. The number of halogens is 3. The number of carbonyl (C=O) groups excluding carboxylic acids is 2. The number of alkyl halides is 3. The van der Waals surface area contributed by atoms with Gasteiger partial charge in [-0.05, 0) is 51.5 Å². The molecule has 10 heteroatoms. The molecule has 1 aliphatic carbocycles. The third-order valence-corrected chi connectivity index (χ3v) is 9.05. The highest BCUT2D eigenvalue weighted by Gasteiger charge is 2.59. The number of aryl methyl sites for hydroxylation is 1. The number of amides is 2. The van der Waals surface area contributed by atoms with Gasteiger partial charge in [0.1, 0.15) is 0 Å². The number of rotatable bonds is 5. The molecule has 4 aliphatic rings. The number of aliphatic carboxylic acids is 1. The lowest BCUT2D eigenvalue weighted by Gasteiger charge is -2.44. The zero-order valence-corrected chi connectivity index (χ0v) is 22.3. The molecule has 1 spiro atoms. The zero-order chi connectivity index (χ0) is 27.9. The molecular formula is C28H38F3N3O4. The minimum absolute atomic E-state index is 0.111. The van der Waals surface area contributed by atoms with E-state index in [0.717, 1.165) is 51.9 Å². The predicted molar refractivity (Wildman–Crippen MR) is 135 cm³/mol. The van der Waals surface area contributed by atoms with Gasteiger partial charge in [0.05, 0.1) is 11.3 Å². The molecule has 0 radical (unpaired) electrons. The van der Waals surface area contributed by atoms with E-state index in [1.54, 1.807) is 0 Å². The first-order valence-corrected chi connectivity index (χ1v) is 13.6. The molecule has 5 rings (SSSR count). The van der Waals surface area contributed by atoms with E-state index in [4.69, 9.17) is 9.90 Å². The number of piperidine rings is 1. The van der Waals surface area contributed by atoms with Gasteiger partial charge in [0.15, 0.2) is 0 Å². The molecule has 3 saturated heterocycles. The Morgan fingerprint density at radius 1 is 1.11 bits per heavy atom. The monoisotopic (exact) mass is 537 g/mol. The number of carbonyl (C=O) groups is 3. The Morgan fingerprint density at radius 3 is 2.18 bits per heavy atom. The third kappa shape index (κ3) is 5.42. The van der Waals surface area contributed by atoms with Crippen LogP contribution in [0.3, 0.4) is 0 Å². The molecule has 0 aromatic heterocycles.